The maximum atomic E-state index is 5.69. The summed E-state index contributed by atoms with van der Waals surface area (Å²) >= 11 is 0. The molecule has 0 atom stereocenters. The topological polar surface area (TPSA) is 44.5 Å². The lowest BCUT2D eigenvalue weighted by Crippen LogP contribution is -2.04. The number of nitrogens with two attached hydrogens (primary N) is 1. The van der Waals surface area contributed by atoms with E-state index in [4.69, 9.17) is 15.2 Å². The summed E-state index contributed by atoms with van der Waals surface area (Å²) in [6.45, 7) is 8.81. The van der Waals surface area contributed by atoms with Gasteiger partial charge in [0.15, 0.2) is 6.79 Å². The van der Waals surface area contributed by atoms with Gasteiger partial charge in [0, 0.05) is 6.61 Å². The van der Waals surface area contributed by atoms with E-state index in [2.05, 4.69) is 0 Å². The van der Waals surface area contributed by atoms with Gasteiger partial charge in [-0.25, -0.2) is 0 Å². The van der Waals surface area contributed by atoms with Crippen molar-refractivity contribution in [3.05, 3.63) is 23.8 Å². The SMILES string of the molecule is CC.CCOCOc1cc(C)ccc1N. The van der Waals surface area contributed by atoms with Crippen molar-refractivity contribution in [2.24, 2.45) is 0 Å². The normalized spacial score (nSPS) is 9.07. The highest BCUT2D eigenvalue weighted by Crippen LogP contribution is 2.21. The van der Waals surface area contributed by atoms with Crippen LogP contribution in [0.1, 0.15) is 26.3 Å². The summed E-state index contributed by atoms with van der Waals surface area (Å²) < 4.78 is 10.4. The number of ether oxygens (including phenoxy) is 2. The summed E-state index contributed by atoms with van der Waals surface area (Å²) in [5.74, 6) is 0.688. The molecule has 0 fully saturated rings. The average Bonchev–Trinajstić information content (AvgIpc) is 2.26. The molecule has 3 heteroatoms. The van der Waals surface area contributed by atoms with Gasteiger partial charge in [-0.2, -0.15) is 0 Å². The number of hydrogen-bond donors (Lipinski definition) is 1. The molecule has 0 bridgehead atoms. The average molecular weight is 211 g/mol. The molecular formula is C12H21NO2. The van der Waals surface area contributed by atoms with E-state index < -0.39 is 0 Å². The lowest BCUT2D eigenvalue weighted by molar-refractivity contribution is 0.0228. The fourth-order valence-corrected chi connectivity index (χ4v) is 0.955. The third kappa shape index (κ3) is 5.27. The van der Waals surface area contributed by atoms with Crippen LogP contribution in [-0.4, -0.2) is 13.4 Å². The number of aryl methyl sites for hydroxylation is 1. The predicted octanol–water partition coefficient (Wildman–Crippen LogP) is 2.98. The van der Waals surface area contributed by atoms with Gasteiger partial charge in [0.1, 0.15) is 5.75 Å². The molecule has 0 saturated carbocycles. The molecule has 0 heterocycles. The number of rotatable bonds is 4. The highest BCUT2D eigenvalue weighted by Gasteiger charge is 1.99. The minimum atomic E-state index is 0.254. The van der Waals surface area contributed by atoms with Gasteiger partial charge in [-0.15, -0.1) is 0 Å². The van der Waals surface area contributed by atoms with Crippen LogP contribution in [0.4, 0.5) is 5.69 Å². The molecule has 0 saturated heterocycles. The molecule has 0 aliphatic rings. The summed E-state index contributed by atoms with van der Waals surface area (Å²) in [7, 11) is 0. The molecule has 0 spiro atoms. The first-order valence-corrected chi connectivity index (χ1v) is 5.30. The van der Waals surface area contributed by atoms with Crippen molar-refractivity contribution >= 4 is 5.69 Å². The van der Waals surface area contributed by atoms with Crippen LogP contribution in [0.5, 0.6) is 5.75 Å². The number of anilines is 1. The quantitative estimate of drug-likeness (QED) is 0.473. The van der Waals surface area contributed by atoms with Crippen molar-refractivity contribution in [3.63, 3.8) is 0 Å². The first-order chi connectivity index (χ1) is 7.24. The predicted molar refractivity (Wildman–Crippen MR) is 64.1 cm³/mol. The Hall–Kier alpha value is -1.22. The maximum Gasteiger partial charge on any atom is 0.189 e. The van der Waals surface area contributed by atoms with Gasteiger partial charge in [0.25, 0.3) is 0 Å². The number of nitrogen functional groups attached to an aromatic ring is 1. The van der Waals surface area contributed by atoms with Crippen molar-refractivity contribution in [3.8, 4) is 5.75 Å². The highest BCUT2D eigenvalue weighted by atomic mass is 16.7. The maximum absolute atomic E-state index is 5.69. The number of benzene rings is 1. The van der Waals surface area contributed by atoms with Gasteiger partial charge in [-0.1, -0.05) is 19.9 Å². The van der Waals surface area contributed by atoms with Crippen LogP contribution in [0, 0.1) is 6.92 Å². The molecule has 15 heavy (non-hydrogen) atoms. The Morgan fingerprint density at radius 1 is 1.27 bits per heavy atom. The van der Waals surface area contributed by atoms with Gasteiger partial charge >= 0.3 is 0 Å². The van der Waals surface area contributed by atoms with Crippen LogP contribution in [0.25, 0.3) is 0 Å². The molecule has 1 aromatic rings. The largest absolute Gasteiger partial charge is 0.465 e. The Morgan fingerprint density at radius 2 is 1.93 bits per heavy atom. The molecule has 2 N–H and O–H groups in total. The van der Waals surface area contributed by atoms with E-state index in [1.807, 2.05) is 45.9 Å². The molecule has 0 aliphatic carbocycles. The lowest BCUT2D eigenvalue weighted by atomic mass is 10.2. The van der Waals surface area contributed by atoms with E-state index in [-0.39, 0.29) is 6.79 Å². The Kier molecular flexibility index (Phi) is 7.46. The van der Waals surface area contributed by atoms with Gasteiger partial charge in [-0.05, 0) is 31.5 Å². The summed E-state index contributed by atoms with van der Waals surface area (Å²) in [5.41, 5.74) is 7.46. The van der Waals surface area contributed by atoms with E-state index >= 15 is 0 Å². The van der Waals surface area contributed by atoms with Gasteiger partial charge in [0.2, 0.25) is 0 Å². The zero-order valence-electron chi connectivity index (χ0n) is 10.0. The zero-order valence-corrected chi connectivity index (χ0v) is 10.0. The van der Waals surface area contributed by atoms with Crippen molar-refractivity contribution < 1.29 is 9.47 Å². The van der Waals surface area contributed by atoms with Crippen molar-refractivity contribution in [1.29, 1.82) is 0 Å². The molecule has 1 aromatic carbocycles. The summed E-state index contributed by atoms with van der Waals surface area (Å²) in [4.78, 5) is 0. The van der Waals surface area contributed by atoms with E-state index in [9.17, 15) is 0 Å². The molecule has 0 radical (unpaired) electrons. The van der Waals surface area contributed by atoms with E-state index in [0.29, 0.717) is 18.0 Å². The zero-order chi connectivity index (χ0) is 11.7. The van der Waals surface area contributed by atoms with Crippen LogP contribution < -0.4 is 10.5 Å². The molecule has 1 rings (SSSR count). The first-order valence-electron chi connectivity index (χ1n) is 5.30. The van der Waals surface area contributed by atoms with Gasteiger partial charge < -0.3 is 15.2 Å². The monoisotopic (exact) mass is 211 g/mol. The molecule has 3 nitrogen and oxygen atoms in total. The Bertz CT molecular complexity index is 274. The minimum Gasteiger partial charge on any atom is -0.465 e. The minimum absolute atomic E-state index is 0.254. The molecule has 86 valence electrons. The Labute approximate surface area is 92.2 Å². The van der Waals surface area contributed by atoms with Crippen LogP contribution >= 0.6 is 0 Å². The highest BCUT2D eigenvalue weighted by molar-refractivity contribution is 5.53. The smallest absolute Gasteiger partial charge is 0.189 e. The standard InChI is InChI=1S/C10H15NO2.C2H6/c1-3-12-7-13-10-6-8(2)4-5-9(10)11;1-2/h4-6H,3,7,11H2,1-2H3;1-2H3. The lowest BCUT2D eigenvalue weighted by Gasteiger charge is -2.08. The second kappa shape index (κ2) is 8.12. The van der Waals surface area contributed by atoms with E-state index in [0.717, 1.165) is 5.56 Å². The Morgan fingerprint density at radius 3 is 2.53 bits per heavy atom. The van der Waals surface area contributed by atoms with Crippen molar-refractivity contribution in [2.45, 2.75) is 27.7 Å². The second-order valence-corrected chi connectivity index (χ2v) is 2.80. The third-order valence-corrected chi connectivity index (χ3v) is 1.67. The summed E-state index contributed by atoms with van der Waals surface area (Å²) in [5, 5.41) is 0. The van der Waals surface area contributed by atoms with Crippen LogP contribution in [-0.2, 0) is 4.74 Å². The molecule has 0 unspecified atom stereocenters. The van der Waals surface area contributed by atoms with Crippen LogP contribution in [0.15, 0.2) is 18.2 Å². The van der Waals surface area contributed by atoms with E-state index in [1.165, 1.54) is 0 Å². The fraction of sp³-hybridized carbons (Fsp3) is 0.500. The van der Waals surface area contributed by atoms with Gasteiger partial charge in [0.05, 0.1) is 5.69 Å². The molecule has 0 amide bonds. The molecule has 0 aliphatic heterocycles. The van der Waals surface area contributed by atoms with E-state index in [1.54, 1.807) is 0 Å². The van der Waals surface area contributed by atoms with Gasteiger partial charge in [-0.3, -0.25) is 0 Å². The number of hydrogen-bond acceptors (Lipinski definition) is 3. The molecular weight excluding hydrogens is 190 g/mol. The fourth-order valence-electron chi connectivity index (χ4n) is 0.955. The second-order valence-electron chi connectivity index (χ2n) is 2.80. The summed E-state index contributed by atoms with van der Waals surface area (Å²) in [6.07, 6.45) is 0. The van der Waals surface area contributed by atoms with Crippen LogP contribution in [0.3, 0.4) is 0 Å². The third-order valence-electron chi connectivity index (χ3n) is 1.67. The van der Waals surface area contributed by atoms with Crippen molar-refractivity contribution in [2.75, 3.05) is 19.1 Å². The summed E-state index contributed by atoms with van der Waals surface area (Å²) in [6, 6.07) is 5.67. The van der Waals surface area contributed by atoms with Crippen molar-refractivity contribution in [1.82, 2.24) is 0 Å². The Balaban J connectivity index is 0.000000921. The first kappa shape index (κ1) is 13.8. The van der Waals surface area contributed by atoms with Crippen LogP contribution in [0.2, 0.25) is 0 Å². The molecule has 0 aromatic heterocycles.